The molecule has 0 aliphatic carbocycles. The molecule has 0 fully saturated rings. The molecule has 0 atom stereocenters. The standard InChI is InChI=1S/C24H23Cl2N5OS/c25-22-11-10-19(15-23(22)26)17-32-21-9-4-6-18(14-21)16-27-12-5-13-33-24-28-29-30-31(24)20-7-2-1-3-8-20/h1-4,6-11,14-15,27H,5,12-13,16-17H2. The highest BCUT2D eigenvalue weighted by atomic mass is 35.5. The first kappa shape index (κ1) is 23.6. The molecule has 0 bridgehead atoms. The zero-order chi connectivity index (χ0) is 22.9. The van der Waals surface area contributed by atoms with Crippen LogP contribution in [0.3, 0.4) is 0 Å². The molecule has 1 aromatic heterocycles. The number of halogens is 2. The van der Waals surface area contributed by atoms with Crippen LogP contribution >= 0.6 is 35.0 Å². The van der Waals surface area contributed by atoms with E-state index in [9.17, 15) is 0 Å². The summed E-state index contributed by atoms with van der Waals surface area (Å²) in [7, 11) is 0. The third kappa shape index (κ3) is 6.95. The molecule has 0 unspecified atom stereocenters. The first-order valence-corrected chi connectivity index (χ1v) is 12.3. The monoisotopic (exact) mass is 499 g/mol. The molecule has 0 aliphatic heterocycles. The van der Waals surface area contributed by atoms with E-state index in [-0.39, 0.29) is 0 Å². The Morgan fingerprint density at radius 1 is 0.909 bits per heavy atom. The lowest BCUT2D eigenvalue weighted by Crippen LogP contribution is -2.15. The Morgan fingerprint density at radius 2 is 1.79 bits per heavy atom. The van der Waals surface area contributed by atoms with Gasteiger partial charge in [0, 0.05) is 12.3 Å². The molecule has 0 aliphatic rings. The van der Waals surface area contributed by atoms with Crippen LogP contribution in [0.1, 0.15) is 17.5 Å². The van der Waals surface area contributed by atoms with Gasteiger partial charge in [-0.2, -0.15) is 4.68 Å². The summed E-state index contributed by atoms with van der Waals surface area (Å²) >= 11 is 13.7. The highest BCUT2D eigenvalue weighted by Crippen LogP contribution is 2.24. The van der Waals surface area contributed by atoms with Crippen molar-refractivity contribution >= 4 is 35.0 Å². The Kier molecular flexibility index (Phi) is 8.60. The fraction of sp³-hybridized carbons (Fsp3) is 0.208. The summed E-state index contributed by atoms with van der Waals surface area (Å²) < 4.78 is 7.67. The molecule has 0 amide bonds. The summed E-state index contributed by atoms with van der Waals surface area (Å²) in [5, 5.41) is 17.4. The van der Waals surface area contributed by atoms with Gasteiger partial charge in [-0.25, -0.2) is 0 Å². The number of rotatable bonds is 11. The summed E-state index contributed by atoms with van der Waals surface area (Å²) in [6.45, 7) is 2.11. The van der Waals surface area contributed by atoms with Crippen molar-refractivity contribution in [2.75, 3.05) is 12.3 Å². The molecule has 0 spiro atoms. The van der Waals surface area contributed by atoms with Gasteiger partial charge in [0.05, 0.1) is 15.7 Å². The molecule has 6 nitrogen and oxygen atoms in total. The van der Waals surface area contributed by atoms with Gasteiger partial charge in [-0.15, -0.1) is 5.10 Å². The smallest absolute Gasteiger partial charge is 0.214 e. The SMILES string of the molecule is Clc1ccc(COc2cccc(CNCCCSc3nnnn3-c3ccccc3)c2)cc1Cl. The van der Waals surface area contributed by atoms with Crippen molar-refractivity contribution in [3.05, 3.63) is 94.0 Å². The number of tetrazole rings is 1. The molecule has 170 valence electrons. The predicted molar refractivity (Wildman–Crippen MR) is 133 cm³/mol. The molecule has 4 rings (SSSR count). The zero-order valence-corrected chi connectivity index (χ0v) is 20.2. The van der Waals surface area contributed by atoms with Crippen LogP contribution in [0.4, 0.5) is 0 Å². The minimum Gasteiger partial charge on any atom is -0.489 e. The van der Waals surface area contributed by atoms with Gasteiger partial charge in [0.2, 0.25) is 5.16 Å². The average Bonchev–Trinajstić information content (AvgIpc) is 3.31. The quantitative estimate of drug-likeness (QED) is 0.207. The van der Waals surface area contributed by atoms with Crippen LogP contribution in [0, 0.1) is 0 Å². The molecule has 4 aromatic rings. The summed E-state index contributed by atoms with van der Waals surface area (Å²) in [4.78, 5) is 0. The van der Waals surface area contributed by atoms with Crippen LogP contribution in [0.25, 0.3) is 5.69 Å². The number of nitrogens with zero attached hydrogens (tertiary/aromatic N) is 4. The zero-order valence-electron chi connectivity index (χ0n) is 17.8. The maximum absolute atomic E-state index is 6.07. The Balaban J connectivity index is 1.18. The van der Waals surface area contributed by atoms with Crippen molar-refractivity contribution in [3.63, 3.8) is 0 Å². The number of para-hydroxylation sites is 1. The van der Waals surface area contributed by atoms with Gasteiger partial charge in [-0.1, -0.05) is 71.4 Å². The van der Waals surface area contributed by atoms with E-state index in [0.717, 1.165) is 47.4 Å². The van der Waals surface area contributed by atoms with Gasteiger partial charge >= 0.3 is 0 Å². The Labute approximate surface area is 207 Å². The molecule has 1 N–H and O–H groups in total. The number of hydrogen-bond donors (Lipinski definition) is 1. The van der Waals surface area contributed by atoms with E-state index in [1.807, 2.05) is 60.7 Å². The fourth-order valence-corrected chi connectivity index (χ4v) is 4.29. The molecule has 9 heteroatoms. The summed E-state index contributed by atoms with van der Waals surface area (Å²) in [5.74, 6) is 1.75. The molecule has 0 radical (unpaired) electrons. The third-order valence-corrected chi connectivity index (χ3v) is 6.53. The number of nitrogens with one attached hydrogen (secondary N) is 1. The van der Waals surface area contributed by atoms with E-state index < -0.39 is 0 Å². The van der Waals surface area contributed by atoms with E-state index in [4.69, 9.17) is 27.9 Å². The number of thioether (sulfide) groups is 1. The van der Waals surface area contributed by atoms with E-state index >= 15 is 0 Å². The van der Waals surface area contributed by atoms with Gasteiger partial charge in [0.15, 0.2) is 0 Å². The van der Waals surface area contributed by atoms with E-state index in [1.54, 1.807) is 22.5 Å². The van der Waals surface area contributed by atoms with Gasteiger partial charge in [-0.3, -0.25) is 0 Å². The molecule has 0 saturated heterocycles. The Bertz CT molecular complexity index is 1170. The number of aromatic nitrogens is 4. The largest absolute Gasteiger partial charge is 0.489 e. The number of ether oxygens (including phenoxy) is 1. The number of benzene rings is 3. The van der Waals surface area contributed by atoms with Crippen molar-refractivity contribution in [3.8, 4) is 11.4 Å². The predicted octanol–water partition coefficient (Wildman–Crippen LogP) is 5.82. The lowest BCUT2D eigenvalue weighted by atomic mass is 10.2. The number of hydrogen-bond acceptors (Lipinski definition) is 6. The van der Waals surface area contributed by atoms with Crippen LogP contribution in [-0.4, -0.2) is 32.5 Å². The first-order valence-electron chi connectivity index (χ1n) is 10.5. The van der Waals surface area contributed by atoms with Crippen LogP contribution in [0.15, 0.2) is 78.0 Å². The summed E-state index contributed by atoms with van der Waals surface area (Å²) in [6, 6.07) is 23.5. The van der Waals surface area contributed by atoms with Gasteiger partial charge in [0.25, 0.3) is 0 Å². The summed E-state index contributed by atoms with van der Waals surface area (Å²) in [5.41, 5.74) is 3.11. The van der Waals surface area contributed by atoms with Crippen molar-refractivity contribution in [1.29, 1.82) is 0 Å². The third-order valence-electron chi connectivity index (χ3n) is 4.79. The second-order valence-corrected chi connectivity index (χ2v) is 9.15. The maximum atomic E-state index is 6.07. The van der Waals surface area contributed by atoms with Crippen LogP contribution in [-0.2, 0) is 13.2 Å². The summed E-state index contributed by atoms with van der Waals surface area (Å²) in [6.07, 6.45) is 1.000. The van der Waals surface area contributed by atoms with Crippen LogP contribution in [0.2, 0.25) is 10.0 Å². The maximum Gasteiger partial charge on any atom is 0.214 e. The normalized spacial score (nSPS) is 11.0. The van der Waals surface area contributed by atoms with E-state index in [0.29, 0.717) is 16.7 Å². The van der Waals surface area contributed by atoms with Gasteiger partial charge in [0.1, 0.15) is 12.4 Å². The van der Waals surface area contributed by atoms with Gasteiger partial charge in [-0.05, 0) is 70.9 Å². The molecule has 3 aromatic carbocycles. The van der Waals surface area contributed by atoms with Crippen molar-refractivity contribution in [2.24, 2.45) is 0 Å². The van der Waals surface area contributed by atoms with Crippen molar-refractivity contribution in [2.45, 2.75) is 24.7 Å². The molecule has 1 heterocycles. The van der Waals surface area contributed by atoms with Gasteiger partial charge < -0.3 is 10.1 Å². The molecule has 0 saturated carbocycles. The first-order chi connectivity index (χ1) is 16.2. The van der Waals surface area contributed by atoms with Crippen LogP contribution < -0.4 is 10.1 Å². The van der Waals surface area contributed by atoms with E-state index in [1.165, 1.54) is 5.56 Å². The van der Waals surface area contributed by atoms with Crippen molar-refractivity contribution in [1.82, 2.24) is 25.5 Å². The second-order valence-electron chi connectivity index (χ2n) is 7.27. The lowest BCUT2D eigenvalue weighted by Gasteiger charge is -2.10. The Hall–Kier alpha value is -2.58. The fourth-order valence-electron chi connectivity index (χ4n) is 3.13. The average molecular weight is 500 g/mol. The topological polar surface area (TPSA) is 64.9 Å². The van der Waals surface area contributed by atoms with Crippen LogP contribution in [0.5, 0.6) is 5.75 Å². The highest BCUT2D eigenvalue weighted by molar-refractivity contribution is 7.99. The minimum atomic E-state index is 0.438. The molecular weight excluding hydrogens is 477 g/mol. The Morgan fingerprint density at radius 3 is 2.64 bits per heavy atom. The second kappa shape index (κ2) is 12.0. The van der Waals surface area contributed by atoms with Crippen molar-refractivity contribution < 1.29 is 4.74 Å². The molecule has 33 heavy (non-hydrogen) atoms. The minimum absolute atomic E-state index is 0.438. The highest BCUT2D eigenvalue weighted by Gasteiger charge is 2.08. The molecular formula is C24H23Cl2N5OS. The lowest BCUT2D eigenvalue weighted by molar-refractivity contribution is 0.306. The van der Waals surface area contributed by atoms with E-state index in [2.05, 4.69) is 26.9 Å².